The van der Waals surface area contributed by atoms with Crippen LogP contribution in [0.4, 0.5) is 8.78 Å². The Labute approximate surface area is 133 Å². The third-order valence-electron chi connectivity index (χ3n) is 3.81. The van der Waals surface area contributed by atoms with Crippen LogP contribution in [-0.4, -0.2) is 10.1 Å². The van der Waals surface area contributed by atoms with Crippen molar-refractivity contribution < 1.29 is 13.9 Å². The second-order valence-electron chi connectivity index (χ2n) is 5.42. The molecular weight excluding hydrogens is 296 g/mol. The zero-order chi connectivity index (χ0) is 16.4. The van der Waals surface area contributed by atoms with Crippen molar-refractivity contribution in [1.82, 2.24) is 4.98 Å². The predicted molar refractivity (Wildman–Crippen MR) is 83.9 cm³/mol. The molecule has 0 spiro atoms. The highest BCUT2D eigenvalue weighted by atomic mass is 19.1. The molecule has 0 unspecified atom stereocenters. The Morgan fingerprint density at radius 2 is 1.39 bits per heavy atom. The zero-order valence-corrected chi connectivity index (χ0v) is 12.5. The van der Waals surface area contributed by atoms with Crippen LogP contribution in [0.1, 0.15) is 22.4 Å². The van der Waals surface area contributed by atoms with Gasteiger partial charge < -0.3 is 5.11 Å². The molecule has 3 rings (SSSR count). The lowest BCUT2D eigenvalue weighted by Gasteiger charge is -2.30. The Morgan fingerprint density at radius 3 is 1.83 bits per heavy atom. The molecule has 0 radical (unpaired) electrons. The lowest BCUT2D eigenvalue weighted by atomic mass is 9.81. The summed E-state index contributed by atoms with van der Waals surface area (Å²) in [6, 6.07) is 14.8. The summed E-state index contributed by atoms with van der Waals surface area (Å²) in [4.78, 5) is 4.19. The average molecular weight is 311 g/mol. The molecule has 0 aliphatic heterocycles. The highest BCUT2D eigenvalue weighted by molar-refractivity contribution is 5.46. The first-order chi connectivity index (χ1) is 11.0. The molecule has 1 heterocycles. The van der Waals surface area contributed by atoms with Gasteiger partial charge in [0.2, 0.25) is 0 Å². The van der Waals surface area contributed by atoms with Crippen LogP contribution in [0.25, 0.3) is 0 Å². The summed E-state index contributed by atoms with van der Waals surface area (Å²) >= 11 is 0. The quantitative estimate of drug-likeness (QED) is 0.794. The zero-order valence-electron chi connectivity index (χ0n) is 12.5. The van der Waals surface area contributed by atoms with Crippen LogP contribution >= 0.6 is 0 Å². The van der Waals surface area contributed by atoms with E-state index >= 15 is 0 Å². The topological polar surface area (TPSA) is 33.1 Å². The van der Waals surface area contributed by atoms with Gasteiger partial charge in [0.1, 0.15) is 17.2 Å². The number of rotatable bonds is 3. The van der Waals surface area contributed by atoms with Crippen molar-refractivity contribution in [2.24, 2.45) is 0 Å². The number of aliphatic hydroxyl groups is 1. The predicted octanol–water partition coefficient (Wildman–Crippen LogP) is 3.95. The first-order valence-corrected chi connectivity index (χ1v) is 7.18. The number of aromatic nitrogens is 1. The van der Waals surface area contributed by atoms with E-state index < -0.39 is 17.2 Å². The number of hydrogen-bond donors (Lipinski definition) is 1. The number of aryl methyl sites for hydroxylation is 1. The number of nitrogens with zero attached hydrogens (tertiary/aromatic N) is 1. The molecule has 0 saturated carbocycles. The summed E-state index contributed by atoms with van der Waals surface area (Å²) in [6.45, 7) is 1.83. The van der Waals surface area contributed by atoms with Crippen molar-refractivity contribution in [1.29, 1.82) is 0 Å². The van der Waals surface area contributed by atoms with Crippen LogP contribution in [-0.2, 0) is 5.60 Å². The molecule has 2 aromatic carbocycles. The summed E-state index contributed by atoms with van der Waals surface area (Å²) in [5, 5.41) is 11.4. The maximum Gasteiger partial charge on any atom is 0.142 e. The van der Waals surface area contributed by atoms with Gasteiger partial charge in [-0.3, -0.25) is 4.98 Å². The molecule has 0 aliphatic carbocycles. The number of benzene rings is 2. The fraction of sp³-hybridized carbons (Fsp3) is 0.105. The fourth-order valence-electron chi connectivity index (χ4n) is 2.61. The minimum absolute atomic E-state index is 0.314. The Morgan fingerprint density at radius 1 is 0.826 bits per heavy atom. The Hall–Kier alpha value is -2.59. The van der Waals surface area contributed by atoms with Crippen molar-refractivity contribution in [3.05, 3.63) is 101 Å². The van der Waals surface area contributed by atoms with E-state index in [0.717, 1.165) is 5.69 Å². The molecular formula is C19H15F2NO. The van der Waals surface area contributed by atoms with Gasteiger partial charge in [-0.25, -0.2) is 8.78 Å². The van der Waals surface area contributed by atoms with Gasteiger partial charge >= 0.3 is 0 Å². The normalized spacial score (nSPS) is 11.5. The monoisotopic (exact) mass is 311 g/mol. The second-order valence-corrected chi connectivity index (χ2v) is 5.42. The van der Waals surface area contributed by atoms with Crippen LogP contribution in [0.3, 0.4) is 0 Å². The molecule has 0 bridgehead atoms. The van der Waals surface area contributed by atoms with Crippen LogP contribution < -0.4 is 0 Å². The van der Waals surface area contributed by atoms with Gasteiger partial charge in [0.15, 0.2) is 0 Å². The summed E-state index contributed by atoms with van der Waals surface area (Å²) in [5.74, 6) is -0.949. The van der Waals surface area contributed by atoms with E-state index in [1.807, 2.05) is 6.92 Å². The molecule has 0 fully saturated rings. The van der Waals surface area contributed by atoms with Crippen LogP contribution in [0.5, 0.6) is 0 Å². The van der Waals surface area contributed by atoms with Crippen molar-refractivity contribution in [2.45, 2.75) is 12.5 Å². The highest BCUT2D eigenvalue weighted by Gasteiger charge is 2.34. The largest absolute Gasteiger partial charge is 0.376 e. The Kier molecular flexibility index (Phi) is 3.92. The lowest BCUT2D eigenvalue weighted by Crippen LogP contribution is -2.29. The summed E-state index contributed by atoms with van der Waals surface area (Å²) in [7, 11) is 0. The van der Waals surface area contributed by atoms with Crippen molar-refractivity contribution >= 4 is 0 Å². The van der Waals surface area contributed by atoms with Crippen LogP contribution in [0.15, 0.2) is 66.9 Å². The van der Waals surface area contributed by atoms with Crippen molar-refractivity contribution in [2.75, 3.05) is 0 Å². The lowest BCUT2D eigenvalue weighted by molar-refractivity contribution is 0.124. The maximum absolute atomic E-state index is 13.7. The summed E-state index contributed by atoms with van der Waals surface area (Å²) < 4.78 is 27.3. The summed E-state index contributed by atoms with van der Waals surface area (Å²) in [5.41, 5.74) is 0.168. The van der Waals surface area contributed by atoms with E-state index in [4.69, 9.17) is 0 Å². The molecule has 0 amide bonds. The van der Waals surface area contributed by atoms with Gasteiger partial charge in [-0.05, 0) is 48.4 Å². The Bertz CT molecular complexity index is 785. The summed E-state index contributed by atoms with van der Waals surface area (Å²) in [6.07, 6.45) is 1.52. The first kappa shape index (κ1) is 15.3. The van der Waals surface area contributed by atoms with Gasteiger partial charge in [0, 0.05) is 17.5 Å². The van der Waals surface area contributed by atoms with Gasteiger partial charge in [-0.1, -0.05) is 30.3 Å². The van der Waals surface area contributed by atoms with E-state index in [-0.39, 0.29) is 0 Å². The number of halogens is 2. The van der Waals surface area contributed by atoms with E-state index in [9.17, 15) is 13.9 Å². The van der Waals surface area contributed by atoms with Crippen molar-refractivity contribution in [3.8, 4) is 0 Å². The first-order valence-electron chi connectivity index (χ1n) is 7.18. The van der Waals surface area contributed by atoms with Gasteiger partial charge in [0.05, 0.1) is 0 Å². The Balaban J connectivity index is 2.27. The van der Waals surface area contributed by atoms with Crippen molar-refractivity contribution in [3.63, 3.8) is 0 Å². The molecule has 1 aromatic heterocycles. The van der Waals surface area contributed by atoms with E-state index in [1.165, 1.54) is 42.6 Å². The van der Waals surface area contributed by atoms with Gasteiger partial charge in [-0.2, -0.15) is 0 Å². The molecule has 3 aromatic rings. The minimum Gasteiger partial charge on any atom is -0.376 e. The third-order valence-corrected chi connectivity index (χ3v) is 3.81. The van der Waals surface area contributed by atoms with Gasteiger partial charge in [-0.15, -0.1) is 0 Å². The number of pyridine rings is 1. The third kappa shape index (κ3) is 2.85. The highest BCUT2D eigenvalue weighted by Crippen LogP contribution is 2.36. The SMILES string of the molecule is Cc1ccc(C(O)(c2cccc(F)c2)c2cccc(F)c2)cn1. The second kappa shape index (κ2) is 5.89. The molecule has 0 saturated heterocycles. The molecule has 4 heteroatoms. The fourth-order valence-corrected chi connectivity index (χ4v) is 2.61. The molecule has 2 nitrogen and oxygen atoms in total. The molecule has 23 heavy (non-hydrogen) atoms. The molecule has 116 valence electrons. The smallest absolute Gasteiger partial charge is 0.142 e. The molecule has 0 atom stereocenters. The minimum atomic E-state index is -1.69. The van der Waals surface area contributed by atoms with E-state index in [0.29, 0.717) is 16.7 Å². The van der Waals surface area contributed by atoms with Crippen LogP contribution in [0, 0.1) is 18.6 Å². The standard InChI is InChI=1S/C19H15F2NO/c1-13-8-9-16(12-22-13)19(23,14-4-2-6-17(20)10-14)15-5-3-7-18(21)11-15/h2-12,23H,1H3. The van der Waals surface area contributed by atoms with Gasteiger partial charge in [0.25, 0.3) is 0 Å². The number of hydrogen-bond acceptors (Lipinski definition) is 2. The average Bonchev–Trinajstić information content (AvgIpc) is 2.55. The van der Waals surface area contributed by atoms with E-state index in [2.05, 4.69) is 4.98 Å². The van der Waals surface area contributed by atoms with Crippen LogP contribution in [0.2, 0.25) is 0 Å². The molecule has 0 aliphatic rings. The molecule has 1 N–H and O–H groups in total. The van der Waals surface area contributed by atoms with E-state index in [1.54, 1.807) is 24.3 Å². The maximum atomic E-state index is 13.7.